The Bertz CT molecular complexity index is 310. The van der Waals surface area contributed by atoms with E-state index in [4.69, 9.17) is 16.7 Å². The Morgan fingerprint density at radius 3 is 2.50 bits per heavy atom. The summed E-state index contributed by atoms with van der Waals surface area (Å²) >= 11 is 9.34. The van der Waals surface area contributed by atoms with Crippen LogP contribution in [0.15, 0.2) is 28.7 Å². The predicted molar refractivity (Wildman–Crippen MR) is 59.6 cm³/mol. The van der Waals surface area contributed by atoms with Crippen molar-refractivity contribution in [3.63, 3.8) is 0 Å². The Morgan fingerprint density at radius 1 is 1.43 bits per heavy atom. The quantitative estimate of drug-likeness (QED) is 0.854. The second-order valence-electron chi connectivity index (χ2n) is 2.95. The van der Waals surface area contributed by atoms with Crippen molar-refractivity contribution in [1.29, 1.82) is 0 Å². The van der Waals surface area contributed by atoms with E-state index in [2.05, 4.69) is 15.9 Å². The predicted octanol–water partition coefficient (Wildman–Crippen LogP) is 3.59. The normalized spacial score (nSPS) is 12.4. The summed E-state index contributed by atoms with van der Waals surface area (Å²) in [4.78, 5) is 10.3. The van der Waals surface area contributed by atoms with Gasteiger partial charge < -0.3 is 5.11 Å². The SMILES string of the molecule is O=C(O)CCC(Cl)c1ccc(Br)cc1. The van der Waals surface area contributed by atoms with E-state index in [1.807, 2.05) is 24.3 Å². The number of rotatable bonds is 4. The molecule has 0 aliphatic rings. The van der Waals surface area contributed by atoms with Crippen LogP contribution in [0.4, 0.5) is 0 Å². The van der Waals surface area contributed by atoms with Crippen LogP contribution in [-0.4, -0.2) is 11.1 Å². The Balaban J connectivity index is 2.56. The number of alkyl halides is 1. The van der Waals surface area contributed by atoms with E-state index in [1.165, 1.54) is 0 Å². The minimum atomic E-state index is -0.812. The molecule has 0 aliphatic heterocycles. The summed E-state index contributed by atoms with van der Waals surface area (Å²) in [5.41, 5.74) is 0.955. The average Bonchev–Trinajstić information content (AvgIpc) is 2.15. The zero-order chi connectivity index (χ0) is 10.6. The van der Waals surface area contributed by atoms with Crippen molar-refractivity contribution in [2.24, 2.45) is 0 Å². The molecule has 4 heteroatoms. The van der Waals surface area contributed by atoms with Gasteiger partial charge >= 0.3 is 5.97 Å². The molecule has 1 N–H and O–H groups in total. The molecule has 2 nitrogen and oxygen atoms in total. The highest BCUT2D eigenvalue weighted by atomic mass is 79.9. The molecule has 0 aromatic heterocycles. The number of hydrogen-bond acceptors (Lipinski definition) is 1. The van der Waals surface area contributed by atoms with Crippen LogP contribution < -0.4 is 0 Å². The fourth-order valence-corrected chi connectivity index (χ4v) is 1.61. The molecule has 1 unspecified atom stereocenters. The molecule has 1 rings (SSSR count). The van der Waals surface area contributed by atoms with Gasteiger partial charge in [0.25, 0.3) is 0 Å². The van der Waals surface area contributed by atoms with Crippen molar-refractivity contribution in [2.75, 3.05) is 0 Å². The molecule has 76 valence electrons. The second kappa shape index (κ2) is 5.37. The number of carbonyl (C=O) groups is 1. The number of carboxylic acids is 1. The molecule has 0 aliphatic carbocycles. The topological polar surface area (TPSA) is 37.3 Å². The molecule has 0 spiro atoms. The summed E-state index contributed by atoms with van der Waals surface area (Å²) in [5, 5.41) is 8.26. The minimum Gasteiger partial charge on any atom is -0.481 e. The van der Waals surface area contributed by atoms with Gasteiger partial charge in [-0.3, -0.25) is 4.79 Å². The molecule has 0 saturated heterocycles. The van der Waals surface area contributed by atoms with Gasteiger partial charge in [0.1, 0.15) is 0 Å². The maximum absolute atomic E-state index is 10.3. The van der Waals surface area contributed by atoms with Crippen molar-refractivity contribution in [3.8, 4) is 0 Å². The van der Waals surface area contributed by atoms with E-state index in [-0.39, 0.29) is 11.8 Å². The third kappa shape index (κ3) is 3.68. The van der Waals surface area contributed by atoms with Crippen LogP contribution in [0.3, 0.4) is 0 Å². The maximum atomic E-state index is 10.3. The average molecular weight is 278 g/mol. The first-order chi connectivity index (χ1) is 6.59. The lowest BCUT2D eigenvalue weighted by Gasteiger charge is -2.07. The molecule has 1 atom stereocenters. The van der Waals surface area contributed by atoms with E-state index >= 15 is 0 Å². The number of benzene rings is 1. The molecule has 0 radical (unpaired) electrons. The van der Waals surface area contributed by atoms with E-state index in [1.54, 1.807) is 0 Å². The first-order valence-corrected chi connectivity index (χ1v) is 5.44. The Kier molecular flexibility index (Phi) is 4.42. The van der Waals surface area contributed by atoms with Gasteiger partial charge in [-0.1, -0.05) is 28.1 Å². The summed E-state index contributed by atoms with van der Waals surface area (Å²) in [7, 11) is 0. The summed E-state index contributed by atoms with van der Waals surface area (Å²) in [6, 6.07) is 7.57. The van der Waals surface area contributed by atoms with Gasteiger partial charge in [-0.2, -0.15) is 0 Å². The first kappa shape index (κ1) is 11.5. The Labute approximate surface area is 96.0 Å². The van der Waals surface area contributed by atoms with Gasteiger partial charge in [-0.05, 0) is 24.1 Å². The van der Waals surface area contributed by atoms with Crippen molar-refractivity contribution in [1.82, 2.24) is 0 Å². The monoisotopic (exact) mass is 276 g/mol. The van der Waals surface area contributed by atoms with E-state index in [0.29, 0.717) is 6.42 Å². The number of carboxylic acid groups (broad SMARTS) is 1. The van der Waals surface area contributed by atoms with Crippen LogP contribution in [0.25, 0.3) is 0 Å². The lowest BCUT2D eigenvalue weighted by molar-refractivity contribution is -0.137. The molecule has 0 fully saturated rings. The van der Waals surface area contributed by atoms with Crippen LogP contribution in [0, 0.1) is 0 Å². The van der Waals surface area contributed by atoms with Gasteiger partial charge in [0.2, 0.25) is 0 Å². The molecular formula is C10H10BrClO2. The van der Waals surface area contributed by atoms with Gasteiger partial charge in [0, 0.05) is 10.9 Å². The van der Waals surface area contributed by atoms with Crippen LogP contribution >= 0.6 is 27.5 Å². The highest BCUT2D eigenvalue weighted by Crippen LogP contribution is 2.26. The van der Waals surface area contributed by atoms with Crippen LogP contribution in [0.1, 0.15) is 23.8 Å². The molecule has 1 aromatic carbocycles. The molecule has 14 heavy (non-hydrogen) atoms. The molecule has 1 aromatic rings. The second-order valence-corrected chi connectivity index (χ2v) is 4.39. The largest absolute Gasteiger partial charge is 0.481 e. The molecular weight excluding hydrogens is 267 g/mol. The number of aliphatic carboxylic acids is 1. The fourth-order valence-electron chi connectivity index (χ4n) is 1.09. The van der Waals surface area contributed by atoms with Crippen LogP contribution in [0.5, 0.6) is 0 Å². The zero-order valence-electron chi connectivity index (χ0n) is 7.41. The minimum absolute atomic E-state index is 0.101. The highest BCUT2D eigenvalue weighted by Gasteiger charge is 2.09. The van der Waals surface area contributed by atoms with Gasteiger partial charge in [-0.15, -0.1) is 11.6 Å². The highest BCUT2D eigenvalue weighted by molar-refractivity contribution is 9.10. The van der Waals surface area contributed by atoms with Crippen LogP contribution in [-0.2, 0) is 4.79 Å². The Hall–Kier alpha value is -0.540. The number of halogens is 2. The molecule has 0 saturated carbocycles. The molecule has 0 bridgehead atoms. The van der Waals surface area contributed by atoms with Crippen LogP contribution in [0.2, 0.25) is 0 Å². The van der Waals surface area contributed by atoms with Gasteiger partial charge in [-0.25, -0.2) is 0 Å². The van der Waals surface area contributed by atoms with Gasteiger partial charge in [0.15, 0.2) is 0 Å². The standard InChI is InChI=1S/C10H10BrClO2/c11-8-3-1-7(2-4-8)9(12)5-6-10(13)14/h1-4,9H,5-6H2,(H,13,14). The maximum Gasteiger partial charge on any atom is 0.303 e. The van der Waals surface area contributed by atoms with Crippen molar-refractivity contribution < 1.29 is 9.90 Å². The fraction of sp³-hybridized carbons (Fsp3) is 0.300. The van der Waals surface area contributed by atoms with E-state index < -0.39 is 5.97 Å². The van der Waals surface area contributed by atoms with Crippen molar-refractivity contribution >= 4 is 33.5 Å². The third-order valence-corrected chi connectivity index (χ3v) is 2.84. The lowest BCUT2D eigenvalue weighted by atomic mass is 10.1. The third-order valence-electron chi connectivity index (χ3n) is 1.84. The lowest BCUT2D eigenvalue weighted by Crippen LogP contribution is -1.98. The Morgan fingerprint density at radius 2 is 2.00 bits per heavy atom. The summed E-state index contributed by atoms with van der Waals surface area (Å²) in [6.45, 7) is 0. The van der Waals surface area contributed by atoms with E-state index in [0.717, 1.165) is 10.0 Å². The van der Waals surface area contributed by atoms with Crippen molar-refractivity contribution in [3.05, 3.63) is 34.3 Å². The summed E-state index contributed by atoms with van der Waals surface area (Å²) in [5.74, 6) is -0.812. The zero-order valence-corrected chi connectivity index (χ0v) is 9.75. The number of hydrogen-bond donors (Lipinski definition) is 1. The first-order valence-electron chi connectivity index (χ1n) is 4.21. The summed E-state index contributed by atoms with van der Waals surface area (Å²) in [6.07, 6.45) is 0.558. The molecule has 0 heterocycles. The molecule has 0 amide bonds. The van der Waals surface area contributed by atoms with Crippen molar-refractivity contribution in [2.45, 2.75) is 18.2 Å². The summed E-state index contributed by atoms with van der Waals surface area (Å²) < 4.78 is 0.989. The smallest absolute Gasteiger partial charge is 0.303 e. The van der Waals surface area contributed by atoms with Gasteiger partial charge in [0.05, 0.1) is 5.38 Å². The van der Waals surface area contributed by atoms with E-state index in [9.17, 15) is 4.79 Å².